The molecule has 0 unspecified atom stereocenters. The first-order valence-electron chi connectivity index (χ1n) is 7.95. The number of alkyl halides is 1. The fourth-order valence-electron chi connectivity index (χ4n) is 2.75. The van der Waals surface area contributed by atoms with E-state index in [0.717, 1.165) is 12.8 Å². The topological polar surface area (TPSA) is 58.6 Å². The van der Waals surface area contributed by atoms with E-state index in [1.807, 2.05) is 0 Å². The minimum atomic E-state index is -1.85. The average molecular weight is 320 g/mol. The lowest BCUT2D eigenvalue weighted by Crippen LogP contribution is -2.52. The fraction of sp³-hybridized carbons (Fsp3) is 0.529. The first-order valence-corrected chi connectivity index (χ1v) is 7.95. The van der Waals surface area contributed by atoms with Gasteiger partial charge in [0.25, 0.3) is 11.8 Å². The molecule has 2 amide bonds. The van der Waals surface area contributed by atoms with Crippen LogP contribution in [0.15, 0.2) is 24.3 Å². The predicted octanol–water partition coefficient (Wildman–Crippen LogP) is 1.92. The van der Waals surface area contributed by atoms with E-state index in [4.69, 9.17) is 4.74 Å². The van der Waals surface area contributed by atoms with E-state index in [2.05, 4.69) is 5.32 Å². The monoisotopic (exact) mass is 320 g/mol. The van der Waals surface area contributed by atoms with Gasteiger partial charge in [0, 0.05) is 37.5 Å². The number of nitrogens with zero attached hydrogens (tertiary/aromatic N) is 1. The summed E-state index contributed by atoms with van der Waals surface area (Å²) in [5.41, 5.74) is -1.31. The smallest absolute Gasteiger partial charge is 0.258 e. The van der Waals surface area contributed by atoms with Crippen LogP contribution < -0.4 is 10.1 Å². The number of benzene rings is 1. The molecule has 1 saturated carbocycles. The highest BCUT2D eigenvalue weighted by atomic mass is 19.1. The van der Waals surface area contributed by atoms with Crippen LogP contribution in [-0.4, -0.2) is 48.6 Å². The van der Waals surface area contributed by atoms with Crippen LogP contribution in [0.5, 0.6) is 5.75 Å². The van der Waals surface area contributed by atoms with Gasteiger partial charge in [-0.25, -0.2) is 4.39 Å². The van der Waals surface area contributed by atoms with Gasteiger partial charge in [-0.1, -0.05) is 0 Å². The molecule has 0 atom stereocenters. The van der Waals surface area contributed by atoms with Crippen LogP contribution in [0.1, 0.15) is 36.0 Å². The minimum Gasteiger partial charge on any atom is -0.497 e. The van der Waals surface area contributed by atoms with Gasteiger partial charge in [0.1, 0.15) is 5.75 Å². The highest BCUT2D eigenvalue weighted by Gasteiger charge is 2.44. The van der Waals surface area contributed by atoms with E-state index in [1.54, 1.807) is 36.3 Å². The van der Waals surface area contributed by atoms with Gasteiger partial charge in [-0.2, -0.15) is 0 Å². The normalized spacial score (nSPS) is 20.0. The van der Waals surface area contributed by atoms with Crippen molar-refractivity contribution in [1.29, 1.82) is 0 Å². The van der Waals surface area contributed by atoms with Gasteiger partial charge in [-0.05, 0) is 37.1 Å². The highest BCUT2D eigenvalue weighted by molar-refractivity contribution is 5.94. The van der Waals surface area contributed by atoms with Crippen molar-refractivity contribution in [2.75, 3.05) is 20.2 Å². The van der Waals surface area contributed by atoms with E-state index >= 15 is 0 Å². The Bertz CT molecular complexity index is 590. The standard InChI is InChI=1S/C17H21FN2O3/c1-23-14-6-2-12(3-7-14)15(21)20-10-8-17(18,9-11-20)16(22)19-13-4-5-13/h2-3,6-7,13H,4-5,8-11H2,1H3,(H,19,22). The molecule has 1 aliphatic heterocycles. The number of ether oxygens (including phenoxy) is 1. The SMILES string of the molecule is COc1ccc(C(=O)N2CCC(F)(C(=O)NC3CC3)CC2)cc1. The third kappa shape index (κ3) is 3.46. The summed E-state index contributed by atoms with van der Waals surface area (Å²) in [4.78, 5) is 26.0. The molecule has 2 aliphatic rings. The summed E-state index contributed by atoms with van der Waals surface area (Å²) in [7, 11) is 1.56. The molecule has 1 aromatic rings. The van der Waals surface area contributed by atoms with Crippen molar-refractivity contribution in [2.24, 2.45) is 0 Å². The zero-order valence-electron chi connectivity index (χ0n) is 13.2. The molecule has 23 heavy (non-hydrogen) atoms. The van der Waals surface area contributed by atoms with Crippen LogP contribution in [0, 0.1) is 0 Å². The number of hydrogen-bond acceptors (Lipinski definition) is 3. The van der Waals surface area contributed by atoms with Gasteiger partial charge in [0.15, 0.2) is 5.67 Å². The van der Waals surface area contributed by atoms with Gasteiger partial charge in [-0.3, -0.25) is 9.59 Å². The second-order valence-electron chi connectivity index (χ2n) is 6.23. The van der Waals surface area contributed by atoms with Gasteiger partial charge < -0.3 is 15.0 Å². The maximum atomic E-state index is 14.7. The largest absolute Gasteiger partial charge is 0.497 e. The summed E-state index contributed by atoms with van der Waals surface area (Å²) in [6, 6.07) is 6.98. The molecule has 1 aromatic carbocycles. The molecule has 124 valence electrons. The zero-order chi connectivity index (χ0) is 16.4. The number of amides is 2. The molecule has 0 spiro atoms. The molecule has 3 rings (SSSR count). The highest BCUT2D eigenvalue weighted by Crippen LogP contribution is 2.29. The van der Waals surface area contributed by atoms with Crippen molar-refractivity contribution in [3.05, 3.63) is 29.8 Å². The minimum absolute atomic E-state index is 0.0491. The van der Waals surface area contributed by atoms with E-state index < -0.39 is 11.6 Å². The number of hydrogen-bond donors (Lipinski definition) is 1. The summed E-state index contributed by atoms with van der Waals surface area (Å²) in [6.07, 6.45) is 1.97. The van der Waals surface area contributed by atoms with Gasteiger partial charge in [0.2, 0.25) is 0 Å². The Morgan fingerprint density at radius 2 is 1.83 bits per heavy atom. The lowest BCUT2D eigenvalue weighted by molar-refractivity contribution is -0.135. The van der Waals surface area contributed by atoms with E-state index in [-0.39, 0.29) is 37.9 Å². The molecule has 2 fully saturated rings. The number of carbonyl (C=O) groups is 2. The molecule has 1 saturated heterocycles. The number of nitrogens with one attached hydrogen (secondary N) is 1. The molecule has 0 aromatic heterocycles. The molecule has 1 aliphatic carbocycles. The first-order chi connectivity index (χ1) is 11.0. The molecule has 0 bridgehead atoms. The average Bonchev–Trinajstić information content (AvgIpc) is 3.39. The molecule has 5 nitrogen and oxygen atoms in total. The molecular weight excluding hydrogens is 299 g/mol. The molecule has 1 heterocycles. The van der Waals surface area contributed by atoms with Gasteiger partial charge in [0.05, 0.1) is 7.11 Å². The Morgan fingerprint density at radius 3 is 2.35 bits per heavy atom. The number of likely N-dealkylation sites (tertiary alicyclic amines) is 1. The summed E-state index contributed by atoms with van der Waals surface area (Å²) in [5.74, 6) is 0.0218. The molecule has 0 radical (unpaired) electrons. The van der Waals surface area contributed by atoms with Crippen molar-refractivity contribution in [2.45, 2.75) is 37.4 Å². The second kappa shape index (κ2) is 6.18. The number of halogens is 1. The van der Waals surface area contributed by atoms with Crippen LogP contribution in [0.25, 0.3) is 0 Å². The van der Waals surface area contributed by atoms with Crippen molar-refractivity contribution in [3.8, 4) is 5.75 Å². The van der Waals surface area contributed by atoms with E-state index in [9.17, 15) is 14.0 Å². The number of rotatable bonds is 4. The summed E-state index contributed by atoms with van der Waals surface area (Å²) >= 11 is 0. The number of piperidine rings is 1. The van der Waals surface area contributed by atoms with Crippen molar-refractivity contribution < 1.29 is 18.7 Å². The maximum Gasteiger partial charge on any atom is 0.258 e. The maximum absolute atomic E-state index is 14.7. The fourth-order valence-corrected chi connectivity index (χ4v) is 2.75. The van der Waals surface area contributed by atoms with Crippen LogP contribution in [0.3, 0.4) is 0 Å². The van der Waals surface area contributed by atoms with Crippen molar-refractivity contribution in [1.82, 2.24) is 10.2 Å². The first kappa shape index (κ1) is 15.8. The van der Waals surface area contributed by atoms with E-state index in [1.165, 1.54) is 0 Å². The third-order valence-corrected chi connectivity index (χ3v) is 4.50. The Hall–Kier alpha value is -2.11. The Kier molecular flexibility index (Phi) is 4.24. The zero-order valence-corrected chi connectivity index (χ0v) is 13.2. The number of methoxy groups -OCH3 is 1. The van der Waals surface area contributed by atoms with Crippen LogP contribution >= 0.6 is 0 Å². The third-order valence-electron chi connectivity index (χ3n) is 4.50. The Morgan fingerprint density at radius 1 is 1.22 bits per heavy atom. The lowest BCUT2D eigenvalue weighted by Gasteiger charge is -2.35. The Labute approximate surface area is 134 Å². The quantitative estimate of drug-likeness (QED) is 0.922. The van der Waals surface area contributed by atoms with Crippen molar-refractivity contribution >= 4 is 11.8 Å². The second-order valence-corrected chi connectivity index (χ2v) is 6.23. The van der Waals surface area contributed by atoms with Crippen LogP contribution in [0.2, 0.25) is 0 Å². The van der Waals surface area contributed by atoms with Gasteiger partial charge in [-0.15, -0.1) is 0 Å². The predicted molar refractivity (Wildman–Crippen MR) is 83.1 cm³/mol. The van der Waals surface area contributed by atoms with Crippen LogP contribution in [0.4, 0.5) is 4.39 Å². The summed E-state index contributed by atoms with van der Waals surface area (Å²) < 4.78 is 19.8. The number of carbonyl (C=O) groups excluding carboxylic acids is 2. The molecule has 6 heteroatoms. The molecule has 1 N–H and O–H groups in total. The summed E-state index contributed by atoms with van der Waals surface area (Å²) in [5, 5.41) is 2.72. The van der Waals surface area contributed by atoms with E-state index in [0.29, 0.717) is 11.3 Å². The van der Waals surface area contributed by atoms with Crippen molar-refractivity contribution in [3.63, 3.8) is 0 Å². The van der Waals surface area contributed by atoms with Gasteiger partial charge >= 0.3 is 0 Å². The lowest BCUT2D eigenvalue weighted by atomic mass is 9.92. The summed E-state index contributed by atoms with van der Waals surface area (Å²) in [6.45, 7) is 0.499. The Balaban J connectivity index is 1.58. The van der Waals surface area contributed by atoms with Crippen LogP contribution in [-0.2, 0) is 4.79 Å². The molecular formula is C17H21FN2O3.